The standard InChI is InChI=1S/C17H15N3O2S/c1-10-5-12(6-13-16(10)22-8-15(21)19-13)17-20-14(9-23-17)11-3-2-4-18-7-11/h2-3,5-7,9,18H,4,8H2,1H3,(H,19,21). The molecule has 5 nitrogen and oxygen atoms in total. The van der Waals surface area contributed by atoms with Crippen molar-refractivity contribution in [3.05, 3.63) is 47.1 Å². The number of benzene rings is 1. The first-order chi connectivity index (χ1) is 11.2. The maximum atomic E-state index is 11.5. The molecule has 0 aliphatic carbocycles. The van der Waals surface area contributed by atoms with Gasteiger partial charge in [-0.1, -0.05) is 12.2 Å². The Labute approximate surface area is 137 Å². The number of ether oxygens (including phenoxy) is 1. The van der Waals surface area contributed by atoms with Crippen LogP contribution in [0.4, 0.5) is 5.69 Å². The van der Waals surface area contributed by atoms with Gasteiger partial charge in [0.2, 0.25) is 0 Å². The summed E-state index contributed by atoms with van der Waals surface area (Å²) in [7, 11) is 0. The van der Waals surface area contributed by atoms with Crippen LogP contribution >= 0.6 is 11.3 Å². The highest BCUT2D eigenvalue weighted by Gasteiger charge is 2.20. The molecule has 4 rings (SSSR count). The zero-order chi connectivity index (χ0) is 15.8. The lowest BCUT2D eigenvalue weighted by Gasteiger charge is -2.20. The van der Waals surface area contributed by atoms with Crippen LogP contribution in [-0.4, -0.2) is 24.0 Å². The number of hydrogen-bond acceptors (Lipinski definition) is 5. The Kier molecular flexibility index (Phi) is 3.38. The minimum atomic E-state index is -0.127. The zero-order valence-electron chi connectivity index (χ0n) is 12.6. The monoisotopic (exact) mass is 325 g/mol. The number of fused-ring (bicyclic) bond motifs is 1. The van der Waals surface area contributed by atoms with Crippen molar-refractivity contribution in [2.24, 2.45) is 0 Å². The fourth-order valence-electron chi connectivity index (χ4n) is 2.68. The van der Waals surface area contributed by atoms with Crippen LogP contribution < -0.4 is 15.4 Å². The van der Waals surface area contributed by atoms with Crippen LogP contribution in [0.1, 0.15) is 11.3 Å². The number of carbonyl (C=O) groups is 1. The first-order valence-corrected chi connectivity index (χ1v) is 8.22. The number of dihydropyridines is 1. The summed E-state index contributed by atoms with van der Waals surface area (Å²) in [6.45, 7) is 2.90. The van der Waals surface area contributed by atoms with Gasteiger partial charge in [0.05, 0.1) is 11.4 Å². The van der Waals surface area contributed by atoms with E-state index in [9.17, 15) is 4.79 Å². The number of nitrogens with zero attached hydrogens (tertiary/aromatic N) is 1. The summed E-state index contributed by atoms with van der Waals surface area (Å²) >= 11 is 1.59. The van der Waals surface area contributed by atoms with Crippen LogP contribution in [0.2, 0.25) is 0 Å². The molecule has 0 atom stereocenters. The Morgan fingerprint density at radius 3 is 3.09 bits per heavy atom. The van der Waals surface area contributed by atoms with E-state index in [0.29, 0.717) is 5.69 Å². The third kappa shape index (κ3) is 2.61. The molecule has 3 heterocycles. The van der Waals surface area contributed by atoms with Gasteiger partial charge in [0.25, 0.3) is 5.91 Å². The molecule has 116 valence electrons. The van der Waals surface area contributed by atoms with Gasteiger partial charge in [-0.05, 0) is 24.6 Å². The summed E-state index contributed by atoms with van der Waals surface area (Å²) in [4.78, 5) is 16.2. The molecule has 1 aromatic carbocycles. The summed E-state index contributed by atoms with van der Waals surface area (Å²) < 4.78 is 5.50. The Morgan fingerprint density at radius 2 is 2.26 bits per heavy atom. The Hall–Kier alpha value is -2.60. The third-order valence-corrected chi connectivity index (χ3v) is 4.63. The van der Waals surface area contributed by atoms with Crippen LogP contribution in [-0.2, 0) is 4.79 Å². The van der Waals surface area contributed by atoms with Gasteiger partial charge in [-0.2, -0.15) is 0 Å². The fraction of sp³-hybridized carbons (Fsp3) is 0.176. The molecule has 0 radical (unpaired) electrons. The lowest BCUT2D eigenvalue weighted by atomic mass is 10.1. The largest absolute Gasteiger partial charge is 0.481 e. The molecular formula is C17H15N3O2S. The predicted octanol–water partition coefficient (Wildman–Crippen LogP) is 2.95. The molecule has 0 unspecified atom stereocenters. The number of anilines is 1. The molecule has 0 fully saturated rings. The number of aryl methyl sites for hydroxylation is 1. The number of nitrogens with one attached hydrogen (secondary N) is 2. The summed E-state index contributed by atoms with van der Waals surface area (Å²) in [6.07, 6.45) is 6.12. The van der Waals surface area contributed by atoms with Gasteiger partial charge in [-0.25, -0.2) is 4.98 Å². The van der Waals surface area contributed by atoms with E-state index in [1.165, 1.54) is 0 Å². The van der Waals surface area contributed by atoms with E-state index < -0.39 is 0 Å². The molecule has 1 amide bonds. The first-order valence-electron chi connectivity index (χ1n) is 7.34. The van der Waals surface area contributed by atoms with E-state index in [4.69, 9.17) is 9.72 Å². The Morgan fingerprint density at radius 1 is 1.35 bits per heavy atom. The van der Waals surface area contributed by atoms with Gasteiger partial charge < -0.3 is 15.4 Å². The molecule has 0 spiro atoms. The predicted molar refractivity (Wildman–Crippen MR) is 91.5 cm³/mol. The molecule has 2 N–H and O–H groups in total. The third-order valence-electron chi connectivity index (χ3n) is 3.73. The van der Waals surface area contributed by atoms with Gasteiger partial charge in [0.15, 0.2) is 6.61 Å². The summed E-state index contributed by atoms with van der Waals surface area (Å²) in [5.41, 5.74) is 4.71. The van der Waals surface area contributed by atoms with Gasteiger partial charge >= 0.3 is 0 Å². The van der Waals surface area contributed by atoms with Crippen molar-refractivity contribution in [3.8, 4) is 16.3 Å². The average molecular weight is 325 g/mol. The zero-order valence-corrected chi connectivity index (χ0v) is 13.4. The van der Waals surface area contributed by atoms with Gasteiger partial charge in [-0.3, -0.25) is 4.79 Å². The summed E-state index contributed by atoms with van der Waals surface area (Å²) in [5, 5.41) is 9.02. The van der Waals surface area contributed by atoms with E-state index >= 15 is 0 Å². The lowest BCUT2D eigenvalue weighted by molar-refractivity contribution is -0.118. The molecule has 0 saturated heterocycles. The van der Waals surface area contributed by atoms with Crippen molar-refractivity contribution in [2.45, 2.75) is 6.92 Å². The topological polar surface area (TPSA) is 63.3 Å². The van der Waals surface area contributed by atoms with Crippen LogP contribution in [0.5, 0.6) is 5.75 Å². The maximum Gasteiger partial charge on any atom is 0.262 e. The Bertz CT molecular complexity index is 852. The van der Waals surface area contributed by atoms with Crippen molar-refractivity contribution < 1.29 is 9.53 Å². The molecule has 0 saturated carbocycles. The van der Waals surface area contributed by atoms with Crippen LogP contribution in [0.3, 0.4) is 0 Å². The SMILES string of the molecule is Cc1cc(-c2nc(C3=CNCC=C3)cs2)cc2c1OCC(=O)N2. The highest BCUT2D eigenvalue weighted by Crippen LogP contribution is 2.37. The smallest absolute Gasteiger partial charge is 0.262 e. The molecule has 1 aromatic heterocycles. The van der Waals surface area contributed by atoms with Crippen molar-refractivity contribution >= 4 is 28.5 Å². The number of allylic oxidation sites excluding steroid dienone is 2. The maximum absolute atomic E-state index is 11.5. The second-order valence-electron chi connectivity index (χ2n) is 5.45. The minimum Gasteiger partial charge on any atom is -0.481 e. The van der Waals surface area contributed by atoms with Gasteiger partial charge in [0.1, 0.15) is 10.8 Å². The van der Waals surface area contributed by atoms with Gasteiger partial charge in [-0.15, -0.1) is 11.3 Å². The van der Waals surface area contributed by atoms with E-state index in [0.717, 1.165) is 39.7 Å². The molecule has 0 bridgehead atoms. The average Bonchev–Trinajstić information content (AvgIpc) is 3.05. The minimum absolute atomic E-state index is 0.0715. The number of amides is 1. The molecule has 2 aliphatic rings. The van der Waals surface area contributed by atoms with Gasteiger partial charge in [0, 0.05) is 29.3 Å². The normalized spacial score (nSPS) is 16.0. The quantitative estimate of drug-likeness (QED) is 0.891. The van der Waals surface area contributed by atoms with Crippen molar-refractivity contribution in [3.63, 3.8) is 0 Å². The first kappa shape index (κ1) is 14.0. The number of hydrogen-bond donors (Lipinski definition) is 2. The van der Waals surface area contributed by atoms with Crippen LogP contribution in [0.25, 0.3) is 16.1 Å². The molecule has 23 heavy (non-hydrogen) atoms. The summed E-state index contributed by atoms with van der Waals surface area (Å²) in [6, 6.07) is 3.97. The molecular weight excluding hydrogens is 310 g/mol. The highest BCUT2D eigenvalue weighted by atomic mass is 32.1. The second kappa shape index (κ2) is 5.55. The molecule has 6 heteroatoms. The fourth-order valence-corrected chi connectivity index (χ4v) is 3.49. The van der Waals surface area contributed by atoms with E-state index in [2.05, 4.69) is 22.8 Å². The number of carbonyl (C=O) groups excluding carboxylic acids is 1. The number of thiazole rings is 1. The van der Waals surface area contributed by atoms with Crippen molar-refractivity contribution in [1.29, 1.82) is 0 Å². The Balaban J connectivity index is 1.71. The van der Waals surface area contributed by atoms with E-state index in [-0.39, 0.29) is 12.5 Å². The second-order valence-corrected chi connectivity index (χ2v) is 6.31. The number of aromatic nitrogens is 1. The summed E-state index contributed by atoms with van der Waals surface area (Å²) in [5.74, 6) is 0.615. The van der Waals surface area contributed by atoms with Crippen molar-refractivity contribution in [1.82, 2.24) is 10.3 Å². The lowest BCUT2D eigenvalue weighted by Crippen LogP contribution is -2.25. The highest BCUT2D eigenvalue weighted by molar-refractivity contribution is 7.13. The van der Waals surface area contributed by atoms with Crippen LogP contribution in [0, 0.1) is 6.92 Å². The van der Waals surface area contributed by atoms with E-state index in [1.54, 1.807) is 11.3 Å². The van der Waals surface area contributed by atoms with E-state index in [1.807, 2.05) is 30.6 Å². The molecule has 2 aromatic rings. The molecule has 2 aliphatic heterocycles. The van der Waals surface area contributed by atoms with Crippen molar-refractivity contribution in [2.75, 3.05) is 18.5 Å². The number of rotatable bonds is 2. The van der Waals surface area contributed by atoms with Crippen LogP contribution in [0.15, 0.2) is 35.9 Å².